The van der Waals surface area contributed by atoms with Gasteiger partial charge >= 0.3 is 5.97 Å². The average Bonchev–Trinajstić information content (AvgIpc) is 3.02. The third kappa shape index (κ3) is 4.63. The van der Waals surface area contributed by atoms with Crippen LogP contribution in [0.2, 0.25) is 0 Å². The topological polar surface area (TPSA) is 84.3 Å². The number of hydrogen-bond donors (Lipinski definition) is 2. The number of carboxylic acids is 1. The van der Waals surface area contributed by atoms with Gasteiger partial charge in [0.15, 0.2) is 4.34 Å². The molecular formula is C11H17N3O3S2. The second kappa shape index (κ2) is 6.53. The summed E-state index contributed by atoms with van der Waals surface area (Å²) >= 11 is 2.60. The highest BCUT2D eigenvalue weighted by Gasteiger charge is 2.41. The highest BCUT2D eigenvalue weighted by molar-refractivity contribution is 8.01. The highest BCUT2D eigenvalue weighted by Crippen LogP contribution is 2.48. The van der Waals surface area contributed by atoms with E-state index in [1.54, 1.807) is 7.11 Å². The van der Waals surface area contributed by atoms with Crippen molar-refractivity contribution in [3.63, 3.8) is 0 Å². The summed E-state index contributed by atoms with van der Waals surface area (Å²) in [6.45, 7) is 1.67. The molecule has 2 rings (SSSR count). The summed E-state index contributed by atoms with van der Waals surface area (Å²) < 4.78 is 5.80. The van der Waals surface area contributed by atoms with Gasteiger partial charge in [0.1, 0.15) is 0 Å². The molecular weight excluding hydrogens is 286 g/mol. The van der Waals surface area contributed by atoms with Crippen LogP contribution in [0.25, 0.3) is 0 Å². The number of carboxylic acid groups (broad SMARTS) is 1. The fourth-order valence-electron chi connectivity index (χ4n) is 1.74. The third-order valence-corrected chi connectivity index (χ3v) is 5.13. The van der Waals surface area contributed by atoms with Crippen molar-refractivity contribution >= 4 is 34.2 Å². The van der Waals surface area contributed by atoms with Crippen molar-refractivity contribution < 1.29 is 14.6 Å². The number of rotatable bonds is 9. The summed E-state index contributed by atoms with van der Waals surface area (Å²) in [5.74, 6) is -0.821. The Labute approximate surface area is 120 Å². The number of methoxy groups -OCH3 is 1. The third-order valence-electron chi connectivity index (χ3n) is 3.13. The SMILES string of the molecule is COCCC1(CNc2nnc(SCC(=O)O)s2)CC1. The fraction of sp³-hybridized carbons (Fsp3) is 0.727. The lowest BCUT2D eigenvalue weighted by molar-refractivity contribution is -0.133. The standard InChI is InChI=1S/C11H17N3O3S2/c1-17-5-4-11(2-3-11)7-12-9-13-14-10(19-9)18-6-8(15)16/h2-7H2,1H3,(H,12,13)(H,15,16). The zero-order valence-electron chi connectivity index (χ0n) is 10.7. The van der Waals surface area contributed by atoms with E-state index < -0.39 is 5.97 Å². The normalized spacial score (nSPS) is 16.3. The second-order valence-electron chi connectivity index (χ2n) is 4.65. The van der Waals surface area contributed by atoms with Crippen LogP contribution in [0.5, 0.6) is 0 Å². The minimum atomic E-state index is -0.841. The van der Waals surface area contributed by atoms with Gasteiger partial charge in [-0.2, -0.15) is 0 Å². The maximum absolute atomic E-state index is 10.5. The van der Waals surface area contributed by atoms with E-state index in [-0.39, 0.29) is 5.75 Å². The zero-order chi connectivity index (χ0) is 13.7. The minimum absolute atomic E-state index is 0.0202. The lowest BCUT2D eigenvalue weighted by atomic mass is 10.0. The molecule has 0 amide bonds. The lowest BCUT2D eigenvalue weighted by Gasteiger charge is -2.14. The molecule has 0 aromatic carbocycles. The first kappa shape index (κ1) is 14.5. The number of nitrogens with one attached hydrogen (secondary N) is 1. The summed E-state index contributed by atoms with van der Waals surface area (Å²) in [6, 6.07) is 0. The Morgan fingerprint density at radius 2 is 2.37 bits per heavy atom. The molecule has 0 bridgehead atoms. The van der Waals surface area contributed by atoms with Crippen LogP contribution in [0.15, 0.2) is 4.34 Å². The van der Waals surface area contributed by atoms with Crippen molar-refractivity contribution in [2.24, 2.45) is 5.41 Å². The zero-order valence-corrected chi connectivity index (χ0v) is 12.4. The van der Waals surface area contributed by atoms with Gasteiger partial charge in [-0.15, -0.1) is 10.2 Å². The van der Waals surface area contributed by atoms with Crippen molar-refractivity contribution in [3.05, 3.63) is 0 Å². The van der Waals surface area contributed by atoms with Crippen molar-refractivity contribution in [1.82, 2.24) is 10.2 Å². The Morgan fingerprint density at radius 1 is 1.58 bits per heavy atom. The van der Waals surface area contributed by atoms with Crippen LogP contribution in [0, 0.1) is 5.41 Å². The molecule has 106 valence electrons. The van der Waals surface area contributed by atoms with Gasteiger partial charge in [-0.05, 0) is 24.7 Å². The van der Waals surface area contributed by atoms with Gasteiger partial charge in [0.2, 0.25) is 5.13 Å². The summed E-state index contributed by atoms with van der Waals surface area (Å²) in [7, 11) is 1.72. The van der Waals surface area contributed by atoms with Gasteiger partial charge in [-0.3, -0.25) is 4.79 Å². The molecule has 0 radical (unpaired) electrons. The van der Waals surface area contributed by atoms with Gasteiger partial charge in [0, 0.05) is 20.3 Å². The predicted octanol–water partition coefficient (Wildman–Crippen LogP) is 1.94. The molecule has 1 saturated carbocycles. The molecule has 0 aliphatic heterocycles. The molecule has 0 atom stereocenters. The first-order valence-electron chi connectivity index (χ1n) is 6.04. The number of anilines is 1. The molecule has 0 spiro atoms. The molecule has 1 aliphatic carbocycles. The monoisotopic (exact) mass is 303 g/mol. The summed E-state index contributed by atoms with van der Waals surface area (Å²) in [6.07, 6.45) is 3.52. The van der Waals surface area contributed by atoms with Gasteiger partial charge in [-0.25, -0.2) is 0 Å². The van der Waals surface area contributed by atoms with Crippen LogP contribution >= 0.6 is 23.1 Å². The van der Waals surface area contributed by atoms with E-state index in [2.05, 4.69) is 15.5 Å². The molecule has 1 heterocycles. The summed E-state index contributed by atoms with van der Waals surface area (Å²) in [5.41, 5.74) is 0.357. The lowest BCUT2D eigenvalue weighted by Crippen LogP contribution is -2.17. The van der Waals surface area contributed by atoms with Crippen molar-refractivity contribution in [2.45, 2.75) is 23.6 Å². The van der Waals surface area contributed by atoms with Crippen LogP contribution < -0.4 is 5.32 Å². The first-order valence-corrected chi connectivity index (χ1v) is 7.85. The quantitative estimate of drug-likeness (QED) is 0.674. The number of aromatic nitrogens is 2. The van der Waals surface area contributed by atoms with Crippen LogP contribution in [0.4, 0.5) is 5.13 Å². The Morgan fingerprint density at radius 3 is 3.00 bits per heavy atom. The molecule has 0 saturated heterocycles. The Bertz CT molecular complexity index is 435. The average molecular weight is 303 g/mol. The molecule has 1 aliphatic rings. The van der Waals surface area contributed by atoms with Crippen LogP contribution in [0.3, 0.4) is 0 Å². The van der Waals surface area contributed by atoms with Gasteiger partial charge in [-0.1, -0.05) is 23.1 Å². The predicted molar refractivity (Wildman–Crippen MR) is 74.9 cm³/mol. The number of thioether (sulfide) groups is 1. The molecule has 1 fully saturated rings. The largest absolute Gasteiger partial charge is 0.481 e. The smallest absolute Gasteiger partial charge is 0.313 e. The molecule has 0 unspecified atom stereocenters. The van der Waals surface area contributed by atoms with Crippen molar-refractivity contribution in [1.29, 1.82) is 0 Å². The van der Waals surface area contributed by atoms with E-state index in [0.29, 0.717) is 9.75 Å². The minimum Gasteiger partial charge on any atom is -0.481 e. The maximum Gasteiger partial charge on any atom is 0.313 e. The maximum atomic E-state index is 10.5. The van der Waals surface area contributed by atoms with Crippen LogP contribution in [-0.2, 0) is 9.53 Å². The van der Waals surface area contributed by atoms with Crippen molar-refractivity contribution in [3.8, 4) is 0 Å². The Hall–Kier alpha value is -0.860. The Balaban J connectivity index is 1.75. The van der Waals surface area contributed by atoms with E-state index in [1.165, 1.54) is 35.9 Å². The van der Waals surface area contributed by atoms with Gasteiger partial charge in [0.05, 0.1) is 5.75 Å². The summed E-state index contributed by atoms with van der Waals surface area (Å²) in [5, 5.41) is 20.6. The number of ether oxygens (including phenoxy) is 1. The number of hydrogen-bond acceptors (Lipinski definition) is 7. The number of nitrogens with zero attached hydrogens (tertiary/aromatic N) is 2. The molecule has 2 N–H and O–H groups in total. The molecule has 8 heteroatoms. The fourth-order valence-corrected chi connectivity index (χ4v) is 3.20. The molecule has 6 nitrogen and oxygen atoms in total. The van der Waals surface area contributed by atoms with E-state index in [0.717, 1.165) is 24.7 Å². The van der Waals surface area contributed by atoms with Crippen LogP contribution in [0.1, 0.15) is 19.3 Å². The van der Waals surface area contributed by atoms with Crippen molar-refractivity contribution in [2.75, 3.05) is 31.3 Å². The Kier molecular flexibility index (Phi) is 5.00. The van der Waals surface area contributed by atoms with E-state index >= 15 is 0 Å². The van der Waals surface area contributed by atoms with Gasteiger partial charge < -0.3 is 15.2 Å². The van der Waals surface area contributed by atoms with E-state index in [4.69, 9.17) is 9.84 Å². The molecule has 1 aromatic rings. The molecule has 19 heavy (non-hydrogen) atoms. The number of aliphatic carboxylic acids is 1. The van der Waals surface area contributed by atoms with Crippen LogP contribution in [-0.4, -0.2) is 47.3 Å². The van der Waals surface area contributed by atoms with E-state index in [9.17, 15) is 4.79 Å². The first-order chi connectivity index (χ1) is 9.13. The van der Waals surface area contributed by atoms with Gasteiger partial charge in [0.25, 0.3) is 0 Å². The summed E-state index contributed by atoms with van der Waals surface area (Å²) in [4.78, 5) is 10.5. The molecule has 1 aromatic heterocycles. The van der Waals surface area contributed by atoms with E-state index in [1.807, 2.05) is 0 Å². The second-order valence-corrected chi connectivity index (χ2v) is 6.85. The number of carbonyl (C=O) groups is 1. The highest BCUT2D eigenvalue weighted by atomic mass is 32.2.